The number of likely N-dealkylation sites (tertiary alicyclic amines) is 1. The number of carboxylic acids is 1. The zero-order chi connectivity index (χ0) is 15.2. The summed E-state index contributed by atoms with van der Waals surface area (Å²) in [7, 11) is 0. The molecule has 0 aromatic heterocycles. The fraction of sp³-hybridized carbons (Fsp3) is 0.500. The summed E-state index contributed by atoms with van der Waals surface area (Å²) in [5, 5.41) is 8.90. The SMILES string of the molecule is CC1CCCCN1C(=O)N(CCC(=O)O)c1ccccc1. The smallest absolute Gasteiger partial charge is 0.324 e. The second-order valence-electron chi connectivity index (χ2n) is 5.45. The van der Waals surface area contributed by atoms with Crippen LogP contribution in [0.25, 0.3) is 0 Å². The van der Waals surface area contributed by atoms with Crippen molar-refractivity contribution in [1.82, 2.24) is 4.90 Å². The molecule has 1 aromatic rings. The second-order valence-corrected chi connectivity index (χ2v) is 5.45. The van der Waals surface area contributed by atoms with E-state index in [2.05, 4.69) is 6.92 Å². The highest BCUT2D eigenvalue weighted by Gasteiger charge is 2.28. The number of nitrogens with zero attached hydrogens (tertiary/aromatic N) is 2. The predicted octanol–water partition coefficient (Wildman–Crippen LogP) is 2.96. The average Bonchev–Trinajstić information content (AvgIpc) is 2.48. The van der Waals surface area contributed by atoms with E-state index in [-0.39, 0.29) is 25.0 Å². The molecule has 0 radical (unpaired) electrons. The van der Waals surface area contributed by atoms with Gasteiger partial charge in [-0.2, -0.15) is 0 Å². The molecule has 1 atom stereocenters. The zero-order valence-electron chi connectivity index (χ0n) is 12.4. The van der Waals surface area contributed by atoms with Crippen LogP contribution in [0.5, 0.6) is 0 Å². The van der Waals surface area contributed by atoms with Gasteiger partial charge in [0, 0.05) is 24.8 Å². The van der Waals surface area contributed by atoms with E-state index in [9.17, 15) is 9.59 Å². The number of carbonyl (C=O) groups excluding carboxylic acids is 1. The van der Waals surface area contributed by atoms with Crippen LogP contribution < -0.4 is 4.90 Å². The maximum atomic E-state index is 12.8. The Morgan fingerprint density at radius 1 is 1.29 bits per heavy atom. The molecule has 2 rings (SSSR count). The van der Waals surface area contributed by atoms with Crippen molar-refractivity contribution in [2.75, 3.05) is 18.0 Å². The number of hydrogen-bond donors (Lipinski definition) is 1. The monoisotopic (exact) mass is 290 g/mol. The van der Waals surface area contributed by atoms with E-state index in [1.807, 2.05) is 35.2 Å². The number of para-hydroxylation sites is 1. The maximum Gasteiger partial charge on any atom is 0.324 e. The fourth-order valence-electron chi connectivity index (χ4n) is 2.69. The van der Waals surface area contributed by atoms with Gasteiger partial charge in [-0.05, 0) is 38.3 Å². The zero-order valence-corrected chi connectivity index (χ0v) is 12.4. The third kappa shape index (κ3) is 3.97. The number of aliphatic carboxylic acids is 1. The highest BCUT2D eigenvalue weighted by Crippen LogP contribution is 2.22. The molecule has 0 spiro atoms. The highest BCUT2D eigenvalue weighted by atomic mass is 16.4. The van der Waals surface area contributed by atoms with E-state index in [1.165, 1.54) is 0 Å². The van der Waals surface area contributed by atoms with Crippen LogP contribution in [0.3, 0.4) is 0 Å². The lowest BCUT2D eigenvalue weighted by Gasteiger charge is -2.37. The van der Waals surface area contributed by atoms with Crippen LogP contribution in [0.2, 0.25) is 0 Å². The molecule has 1 saturated heterocycles. The molecule has 0 saturated carbocycles. The number of carbonyl (C=O) groups is 2. The van der Waals surface area contributed by atoms with Crippen LogP contribution in [0.1, 0.15) is 32.6 Å². The van der Waals surface area contributed by atoms with Crippen LogP contribution >= 0.6 is 0 Å². The summed E-state index contributed by atoms with van der Waals surface area (Å²) in [4.78, 5) is 27.1. The van der Waals surface area contributed by atoms with Crippen molar-refractivity contribution >= 4 is 17.7 Å². The number of piperidine rings is 1. The number of hydrogen-bond acceptors (Lipinski definition) is 2. The van der Waals surface area contributed by atoms with Gasteiger partial charge in [0.05, 0.1) is 6.42 Å². The van der Waals surface area contributed by atoms with Crippen molar-refractivity contribution in [3.63, 3.8) is 0 Å². The minimum absolute atomic E-state index is 0.0527. The Labute approximate surface area is 125 Å². The Hall–Kier alpha value is -2.04. The van der Waals surface area contributed by atoms with Crippen molar-refractivity contribution in [1.29, 1.82) is 0 Å². The van der Waals surface area contributed by atoms with Gasteiger partial charge >= 0.3 is 12.0 Å². The quantitative estimate of drug-likeness (QED) is 0.927. The number of rotatable bonds is 4. The molecule has 1 aliphatic heterocycles. The molecule has 114 valence electrons. The van der Waals surface area contributed by atoms with Gasteiger partial charge in [-0.15, -0.1) is 0 Å². The predicted molar refractivity (Wildman–Crippen MR) is 81.5 cm³/mol. The summed E-state index contributed by atoms with van der Waals surface area (Å²) in [5.74, 6) is -0.893. The van der Waals surface area contributed by atoms with Crippen LogP contribution in [0, 0.1) is 0 Å². The van der Waals surface area contributed by atoms with E-state index in [0.717, 1.165) is 31.5 Å². The highest BCUT2D eigenvalue weighted by molar-refractivity contribution is 5.92. The summed E-state index contributed by atoms with van der Waals surface area (Å²) >= 11 is 0. The summed E-state index contributed by atoms with van der Waals surface area (Å²) in [6.45, 7) is 3.00. The summed E-state index contributed by atoms with van der Waals surface area (Å²) < 4.78 is 0. The summed E-state index contributed by atoms with van der Waals surface area (Å²) in [6, 6.07) is 9.40. The second kappa shape index (κ2) is 7.11. The van der Waals surface area contributed by atoms with Crippen molar-refractivity contribution in [3.05, 3.63) is 30.3 Å². The normalized spacial score (nSPS) is 18.3. The Morgan fingerprint density at radius 3 is 2.62 bits per heavy atom. The van der Waals surface area contributed by atoms with Gasteiger partial charge in [-0.1, -0.05) is 18.2 Å². The van der Waals surface area contributed by atoms with E-state index in [0.29, 0.717) is 0 Å². The number of urea groups is 1. The van der Waals surface area contributed by atoms with Gasteiger partial charge in [0.1, 0.15) is 0 Å². The first kappa shape index (κ1) is 15.4. The van der Waals surface area contributed by atoms with Crippen LogP contribution in [-0.2, 0) is 4.79 Å². The molecule has 21 heavy (non-hydrogen) atoms. The molecule has 1 aromatic carbocycles. The van der Waals surface area contributed by atoms with Gasteiger partial charge in [0.2, 0.25) is 0 Å². The molecule has 1 unspecified atom stereocenters. The molecule has 5 heteroatoms. The Morgan fingerprint density at radius 2 is 2.00 bits per heavy atom. The topological polar surface area (TPSA) is 60.9 Å². The maximum absolute atomic E-state index is 12.8. The first-order chi connectivity index (χ1) is 10.1. The number of amides is 2. The van der Waals surface area contributed by atoms with Gasteiger partial charge in [0.15, 0.2) is 0 Å². The number of carboxylic acid groups (broad SMARTS) is 1. The summed E-state index contributed by atoms with van der Waals surface area (Å²) in [6.07, 6.45) is 3.11. The third-order valence-corrected chi connectivity index (χ3v) is 3.90. The lowest BCUT2D eigenvalue weighted by Crippen LogP contribution is -2.50. The molecule has 2 amide bonds. The number of benzene rings is 1. The molecule has 1 aliphatic rings. The van der Waals surface area contributed by atoms with Gasteiger partial charge in [0.25, 0.3) is 0 Å². The molecular formula is C16H22N2O3. The van der Waals surface area contributed by atoms with Crippen molar-refractivity contribution < 1.29 is 14.7 Å². The van der Waals surface area contributed by atoms with Gasteiger partial charge < -0.3 is 10.0 Å². The molecule has 0 bridgehead atoms. The Kier molecular flexibility index (Phi) is 5.20. The van der Waals surface area contributed by atoms with Crippen molar-refractivity contribution in [2.45, 2.75) is 38.6 Å². The van der Waals surface area contributed by atoms with E-state index in [1.54, 1.807) is 4.90 Å². The summed E-state index contributed by atoms with van der Waals surface area (Å²) in [5.41, 5.74) is 0.751. The standard InChI is InChI=1S/C16H22N2O3/c1-13-7-5-6-11-17(13)16(21)18(12-10-15(19)20)14-8-3-2-4-9-14/h2-4,8-9,13H,5-7,10-12H2,1H3,(H,19,20). The van der Waals surface area contributed by atoms with Gasteiger partial charge in [-0.3, -0.25) is 9.69 Å². The lowest BCUT2D eigenvalue weighted by atomic mass is 10.0. The third-order valence-electron chi connectivity index (χ3n) is 3.90. The van der Waals surface area contributed by atoms with E-state index < -0.39 is 5.97 Å². The fourth-order valence-corrected chi connectivity index (χ4v) is 2.69. The molecule has 1 fully saturated rings. The minimum Gasteiger partial charge on any atom is -0.481 e. The molecular weight excluding hydrogens is 268 g/mol. The van der Waals surface area contributed by atoms with E-state index in [4.69, 9.17) is 5.11 Å². The van der Waals surface area contributed by atoms with E-state index >= 15 is 0 Å². The lowest BCUT2D eigenvalue weighted by molar-refractivity contribution is -0.136. The van der Waals surface area contributed by atoms with Gasteiger partial charge in [-0.25, -0.2) is 4.79 Å². The largest absolute Gasteiger partial charge is 0.481 e. The van der Waals surface area contributed by atoms with Crippen LogP contribution in [0.15, 0.2) is 30.3 Å². The molecule has 1 heterocycles. The number of anilines is 1. The van der Waals surface area contributed by atoms with Crippen LogP contribution in [0.4, 0.5) is 10.5 Å². The molecule has 5 nitrogen and oxygen atoms in total. The first-order valence-corrected chi connectivity index (χ1v) is 7.44. The minimum atomic E-state index is -0.893. The van der Waals surface area contributed by atoms with Crippen molar-refractivity contribution in [3.8, 4) is 0 Å². The molecule has 1 N–H and O–H groups in total. The Balaban J connectivity index is 2.17. The Bertz CT molecular complexity index is 490. The van der Waals surface area contributed by atoms with Crippen molar-refractivity contribution in [2.24, 2.45) is 0 Å². The average molecular weight is 290 g/mol. The van der Waals surface area contributed by atoms with Crippen LogP contribution in [-0.4, -0.2) is 41.1 Å². The first-order valence-electron chi connectivity index (χ1n) is 7.44. The molecule has 0 aliphatic carbocycles.